The van der Waals surface area contributed by atoms with Crippen LogP contribution < -0.4 is 0 Å². The van der Waals surface area contributed by atoms with E-state index in [4.69, 9.17) is 0 Å². The first-order chi connectivity index (χ1) is 8.49. The molecular formula is C15H21NS2. The molecule has 98 valence electrons. The first-order valence-electron chi connectivity index (χ1n) is 6.48. The average Bonchev–Trinajstić information content (AvgIpc) is 2.88. The first kappa shape index (κ1) is 13.8. The second kappa shape index (κ2) is 5.54. The monoisotopic (exact) mass is 279 g/mol. The maximum Gasteiger partial charge on any atom is 0.0934 e. The van der Waals surface area contributed by atoms with Gasteiger partial charge in [-0.05, 0) is 42.2 Å². The zero-order valence-corrected chi connectivity index (χ0v) is 13.4. The number of hydrogen-bond acceptors (Lipinski definition) is 3. The van der Waals surface area contributed by atoms with Gasteiger partial charge in [-0.15, -0.1) is 22.7 Å². The van der Waals surface area contributed by atoms with E-state index in [1.807, 2.05) is 28.9 Å². The molecule has 2 heterocycles. The van der Waals surface area contributed by atoms with E-state index >= 15 is 0 Å². The van der Waals surface area contributed by atoms with Crippen LogP contribution in [0.3, 0.4) is 0 Å². The zero-order valence-electron chi connectivity index (χ0n) is 11.8. The van der Waals surface area contributed by atoms with Crippen LogP contribution in [0.25, 0.3) is 0 Å². The zero-order chi connectivity index (χ0) is 13.3. The summed E-state index contributed by atoms with van der Waals surface area (Å²) in [5, 5.41) is 3.54. The maximum atomic E-state index is 4.56. The van der Waals surface area contributed by atoms with Gasteiger partial charge in [0, 0.05) is 22.4 Å². The predicted molar refractivity (Wildman–Crippen MR) is 82.1 cm³/mol. The number of thiazole rings is 1. The molecule has 0 aliphatic heterocycles. The van der Waals surface area contributed by atoms with Crippen molar-refractivity contribution in [1.82, 2.24) is 4.98 Å². The number of nitrogens with zero attached hydrogens (tertiary/aromatic N) is 1. The van der Waals surface area contributed by atoms with E-state index in [1.54, 1.807) is 0 Å². The molecule has 1 nitrogen and oxygen atoms in total. The van der Waals surface area contributed by atoms with Crippen molar-refractivity contribution in [2.45, 2.75) is 52.9 Å². The van der Waals surface area contributed by atoms with Crippen molar-refractivity contribution in [3.8, 4) is 0 Å². The molecular weight excluding hydrogens is 258 g/mol. The van der Waals surface area contributed by atoms with E-state index in [2.05, 4.69) is 45.0 Å². The fourth-order valence-electron chi connectivity index (χ4n) is 2.05. The third-order valence-corrected chi connectivity index (χ3v) is 6.15. The quantitative estimate of drug-likeness (QED) is 0.741. The minimum atomic E-state index is 0.579. The fraction of sp³-hybridized carbons (Fsp3) is 0.533. The molecule has 0 aromatic carbocycles. The largest absolute Gasteiger partial charge is 0.249 e. The van der Waals surface area contributed by atoms with E-state index < -0.39 is 0 Å². The summed E-state index contributed by atoms with van der Waals surface area (Å²) in [4.78, 5) is 7.48. The lowest BCUT2D eigenvalue weighted by molar-refractivity contribution is 0.763. The molecule has 0 aliphatic carbocycles. The van der Waals surface area contributed by atoms with Gasteiger partial charge in [-0.1, -0.05) is 20.8 Å². The molecule has 0 N–H and O–H groups in total. The first-order valence-corrected chi connectivity index (χ1v) is 8.17. The van der Waals surface area contributed by atoms with Crippen molar-refractivity contribution in [3.05, 3.63) is 37.5 Å². The van der Waals surface area contributed by atoms with Crippen LogP contribution in [0.1, 0.15) is 58.5 Å². The van der Waals surface area contributed by atoms with Crippen molar-refractivity contribution in [1.29, 1.82) is 0 Å². The van der Waals surface area contributed by atoms with Crippen LogP contribution >= 0.6 is 22.7 Å². The average molecular weight is 279 g/mol. The van der Waals surface area contributed by atoms with E-state index in [9.17, 15) is 0 Å². The fourth-order valence-corrected chi connectivity index (χ4v) is 4.23. The Hall–Kier alpha value is -0.670. The summed E-state index contributed by atoms with van der Waals surface area (Å²) in [6.45, 7) is 11.2. The number of rotatable bonds is 4. The van der Waals surface area contributed by atoms with Gasteiger partial charge in [-0.3, -0.25) is 0 Å². The lowest BCUT2D eigenvalue weighted by Crippen LogP contribution is -1.97. The Kier molecular flexibility index (Phi) is 4.23. The Morgan fingerprint density at radius 1 is 1.22 bits per heavy atom. The van der Waals surface area contributed by atoms with Crippen molar-refractivity contribution in [2.75, 3.05) is 0 Å². The highest BCUT2D eigenvalue weighted by molar-refractivity contribution is 7.11. The van der Waals surface area contributed by atoms with Crippen molar-refractivity contribution in [3.63, 3.8) is 0 Å². The van der Waals surface area contributed by atoms with Crippen LogP contribution in [0.15, 0.2) is 11.6 Å². The summed E-state index contributed by atoms with van der Waals surface area (Å²) in [6, 6.07) is 0. The molecule has 1 atom stereocenters. The summed E-state index contributed by atoms with van der Waals surface area (Å²) in [7, 11) is 0. The summed E-state index contributed by atoms with van der Waals surface area (Å²) in [5.41, 5.74) is 2.89. The molecule has 1 unspecified atom stereocenters. The van der Waals surface area contributed by atoms with Gasteiger partial charge >= 0.3 is 0 Å². The number of aryl methyl sites for hydroxylation is 1. The van der Waals surface area contributed by atoms with Crippen LogP contribution in [0.4, 0.5) is 0 Å². The van der Waals surface area contributed by atoms with Gasteiger partial charge in [0.2, 0.25) is 0 Å². The van der Waals surface area contributed by atoms with Crippen molar-refractivity contribution in [2.24, 2.45) is 0 Å². The Bertz CT molecular complexity index is 522. The molecule has 2 aromatic rings. The maximum absolute atomic E-state index is 4.56. The van der Waals surface area contributed by atoms with Gasteiger partial charge in [0.1, 0.15) is 0 Å². The number of aromatic nitrogens is 1. The van der Waals surface area contributed by atoms with E-state index in [0.29, 0.717) is 11.8 Å². The molecule has 3 heteroatoms. The van der Waals surface area contributed by atoms with Gasteiger partial charge in [-0.2, -0.15) is 0 Å². The van der Waals surface area contributed by atoms with Crippen LogP contribution in [0.2, 0.25) is 0 Å². The standard InChI is InChI=1S/C15H21NS2/c1-9(2)13-7-16-14(18-13)6-10(3)15-12(5)11(4)8-17-15/h7-10H,6H2,1-5H3. The molecule has 0 fully saturated rings. The molecule has 0 bridgehead atoms. The second-order valence-corrected chi connectivity index (χ2v) is 7.38. The van der Waals surface area contributed by atoms with Gasteiger partial charge in [0.15, 0.2) is 0 Å². The molecule has 18 heavy (non-hydrogen) atoms. The lowest BCUT2D eigenvalue weighted by atomic mass is 10.0. The van der Waals surface area contributed by atoms with Crippen molar-refractivity contribution < 1.29 is 0 Å². The van der Waals surface area contributed by atoms with Crippen LogP contribution in [-0.2, 0) is 6.42 Å². The third kappa shape index (κ3) is 2.83. The van der Waals surface area contributed by atoms with Gasteiger partial charge in [-0.25, -0.2) is 4.98 Å². The van der Waals surface area contributed by atoms with Gasteiger partial charge in [0.05, 0.1) is 5.01 Å². The molecule has 0 spiro atoms. The van der Waals surface area contributed by atoms with Crippen LogP contribution in [-0.4, -0.2) is 4.98 Å². The lowest BCUT2D eigenvalue weighted by Gasteiger charge is -2.09. The molecule has 0 saturated heterocycles. The topological polar surface area (TPSA) is 12.9 Å². The second-order valence-electron chi connectivity index (χ2n) is 5.32. The highest BCUT2D eigenvalue weighted by atomic mass is 32.1. The number of thiophene rings is 1. The predicted octanol–water partition coefficient (Wildman–Crippen LogP) is 5.29. The van der Waals surface area contributed by atoms with Gasteiger partial charge < -0.3 is 0 Å². The minimum absolute atomic E-state index is 0.579. The van der Waals surface area contributed by atoms with E-state index in [-0.39, 0.29) is 0 Å². The summed E-state index contributed by atoms with van der Waals surface area (Å²) in [5.74, 6) is 1.17. The molecule has 2 aromatic heterocycles. The van der Waals surface area contributed by atoms with Crippen molar-refractivity contribution >= 4 is 22.7 Å². The summed E-state index contributed by atoms with van der Waals surface area (Å²) >= 11 is 3.76. The molecule has 2 rings (SSSR count). The van der Waals surface area contributed by atoms with E-state index in [0.717, 1.165) is 6.42 Å². The van der Waals surface area contributed by atoms with Crippen LogP contribution in [0.5, 0.6) is 0 Å². The highest BCUT2D eigenvalue weighted by Gasteiger charge is 2.15. The summed E-state index contributed by atoms with van der Waals surface area (Å²) in [6.07, 6.45) is 3.11. The molecule has 0 aliphatic rings. The SMILES string of the molecule is Cc1csc(C(C)Cc2ncc(C(C)C)s2)c1C. The molecule has 0 saturated carbocycles. The Morgan fingerprint density at radius 2 is 1.94 bits per heavy atom. The van der Waals surface area contributed by atoms with Gasteiger partial charge in [0.25, 0.3) is 0 Å². The normalized spacial score (nSPS) is 13.2. The summed E-state index contributed by atoms with van der Waals surface area (Å²) < 4.78 is 0. The molecule has 0 radical (unpaired) electrons. The Labute approximate surface area is 118 Å². The smallest absolute Gasteiger partial charge is 0.0934 e. The number of hydrogen-bond donors (Lipinski definition) is 0. The van der Waals surface area contributed by atoms with E-state index in [1.165, 1.54) is 25.9 Å². The highest BCUT2D eigenvalue weighted by Crippen LogP contribution is 2.32. The minimum Gasteiger partial charge on any atom is -0.249 e. The molecule has 0 amide bonds. The Balaban J connectivity index is 2.11. The van der Waals surface area contributed by atoms with Crippen LogP contribution in [0, 0.1) is 13.8 Å². The third-order valence-electron chi connectivity index (χ3n) is 3.39. The Morgan fingerprint density at radius 3 is 2.44 bits per heavy atom.